The molecule has 18 heavy (non-hydrogen) atoms. The number of hydrogen-bond acceptors (Lipinski definition) is 5. The molecule has 5 nitrogen and oxygen atoms in total. The molecule has 0 aliphatic carbocycles. The molecule has 0 saturated heterocycles. The average molecular weight is 254 g/mol. The van der Waals surface area contributed by atoms with E-state index in [-0.39, 0.29) is 18.1 Å². The molecular formula is C13H22N2O3. The highest BCUT2D eigenvalue weighted by Crippen LogP contribution is 2.21. The number of esters is 1. The van der Waals surface area contributed by atoms with Gasteiger partial charge in [-0.15, -0.1) is 0 Å². The molecule has 0 spiro atoms. The van der Waals surface area contributed by atoms with E-state index in [4.69, 9.17) is 9.26 Å². The predicted molar refractivity (Wildman–Crippen MR) is 68.2 cm³/mol. The van der Waals surface area contributed by atoms with Gasteiger partial charge in [0.25, 0.3) is 0 Å². The third-order valence-corrected chi connectivity index (χ3v) is 2.95. The normalized spacial score (nSPS) is 14.3. The molecular weight excluding hydrogens is 232 g/mol. The molecule has 1 aromatic rings. The standard InChI is InChI=1S/C13H22N2O3/c1-6-11(13(16)17-7-2)14-8(3)12-9(4)15-18-10(12)5/h8,11,14H,6-7H2,1-5H3. The third kappa shape index (κ3) is 3.32. The van der Waals surface area contributed by atoms with Crippen LogP contribution >= 0.6 is 0 Å². The smallest absolute Gasteiger partial charge is 0.323 e. The second kappa shape index (κ2) is 6.54. The van der Waals surface area contributed by atoms with Gasteiger partial charge in [-0.3, -0.25) is 10.1 Å². The lowest BCUT2D eigenvalue weighted by atomic mass is 10.1. The molecule has 2 atom stereocenters. The summed E-state index contributed by atoms with van der Waals surface area (Å²) < 4.78 is 10.2. The van der Waals surface area contributed by atoms with Crippen molar-refractivity contribution in [2.45, 2.75) is 53.1 Å². The number of nitrogens with zero attached hydrogens (tertiary/aromatic N) is 1. The van der Waals surface area contributed by atoms with Gasteiger partial charge in [0.05, 0.1) is 12.3 Å². The van der Waals surface area contributed by atoms with Gasteiger partial charge < -0.3 is 9.26 Å². The molecule has 1 aromatic heterocycles. The minimum atomic E-state index is -0.298. The van der Waals surface area contributed by atoms with Crippen LogP contribution in [0.2, 0.25) is 0 Å². The molecule has 0 radical (unpaired) electrons. The van der Waals surface area contributed by atoms with Crippen molar-refractivity contribution in [3.63, 3.8) is 0 Å². The average Bonchev–Trinajstić information content (AvgIpc) is 2.66. The van der Waals surface area contributed by atoms with Crippen LogP contribution in [0.3, 0.4) is 0 Å². The summed E-state index contributed by atoms with van der Waals surface area (Å²) in [5.41, 5.74) is 1.86. The summed E-state index contributed by atoms with van der Waals surface area (Å²) in [5.74, 6) is 0.574. The molecule has 2 unspecified atom stereocenters. The molecule has 0 amide bonds. The van der Waals surface area contributed by atoms with Crippen molar-refractivity contribution in [3.05, 3.63) is 17.0 Å². The van der Waals surface area contributed by atoms with Gasteiger partial charge in [-0.05, 0) is 34.1 Å². The minimum absolute atomic E-state index is 0.00519. The molecule has 102 valence electrons. The van der Waals surface area contributed by atoms with Gasteiger partial charge in [0.15, 0.2) is 0 Å². The van der Waals surface area contributed by atoms with E-state index < -0.39 is 0 Å². The van der Waals surface area contributed by atoms with Crippen molar-refractivity contribution in [2.24, 2.45) is 0 Å². The van der Waals surface area contributed by atoms with Crippen LogP contribution in [-0.4, -0.2) is 23.8 Å². The number of carbonyl (C=O) groups excluding carboxylic acids is 1. The molecule has 0 saturated carbocycles. The molecule has 0 aromatic carbocycles. The molecule has 0 aliphatic heterocycles. The highest BCUT2D eigenvalue weighted by atomic mass is 16.5. The van der Waals surface area contributed by atoms with Crippen molar-refractivity contribution in [1.29, 1.82) is 0 Å². The Morgan fingerprint density at radius 1 is 1.44 bits per heavy atom. The SMILES string of the molecule is CCOC(=O)C(CC)NC(C)c1c(C)noc1C. The van der Waals surface area contributed by atoms with Crippen LogP contribution in [0.4, 0.5) is 0 Å². The van der Waals surface area contributed by atoms with Crippen LogP contribution in [-0.2, 0) is 9.53 Å². The van der Waals surface area contributed by atoms with E-state index in [1.165, 1.54) is 0 Å². The second-order valence-corrected chi connectivity index (χ2v) is 4.34. The number of rotatable bonds is 6. The molecule has 1 rings (SSSR count). The lowest BCUT2D eigenvalue weighted by Gasteiger charge is -2.20. The molecule has 0 fully saturated rings. The second-order valence-electron chi connectivity index (χ2n) is 4.34. The zero-order valence-corrected chi connectivity index (χ0v) is 11.7. The highest BCUT2D eigenvalue weighted by molar-refractivity contribution is 5.75. The Morgan fingerprint density at radius 2 is 2.11 bits per heavy atom. The number of nitrogens with one attached hydrogen (secondary N) is 1. The zero-order chi connectivity index (χ0) is 13.7. The number of carbonyl (C=O) groups is 1. The molecule has 1 heterocycles. The maximum atomic E-state index is 11.7. The van der Waals surface area contributed by atoms with E-state index in [9.17, 15) is 4.79 Å². The van der Waals surface area contributed by atoms with Crippen LogP contribution in [0.5, 0.6) is 0 Å². The lowest BCUT2D eigenvalue weighted by Crippen LogP contribution is -2.39. The minimum Gasteiger partial charge on any atom is -0.465 e. The van der Waals surface area contributed by atoms with Crippen LogP contribution in [0.15, 0.2) is 4.52 Å². The predicted octanol–water partition coefficient (Wildman–Crippen LogP) is 2.28. The zero-order valence-electron chi connectivity index (χ0n) is 11.7. The topological polar surface area (TPSA) is 64.4 Å². The Kier molecular flexibility index (Phi) is 5.34. The van der Waals surface area contributed by atoms with Gasteiger partial charge in [-0.25, -0.2) is 0 Å². The Morgan fingerprint density at radius 3 is 2.56 bits per heavy atom. The van der Waals surface area contributed by atoms with Gasteiger partial charge >= 0.3 is 5.97 Å². The summed E-state index contributed by atoms with van der Waals surface area (Å²) in [6.45, 7) is 9.93. The van der Waals surface area contributed by atoms with Gasteiger partial charge in [0.2, 0.25) is 0 Å². The molecule has 5 heteroatoms. The van der Waals surface area contributed by atoms with Crippen LogP contribution in [0, 0.1) is 13.8 Å². The Bertz CT molecular complexity index is 381. The van der Waals surface area contributed by atoms with E-state index in [0.29, 0.717) is 13.0 Å². The van der Waals surface area contributed by atoms with E-state index in [2.05, 4.69) is 10.5 Å². The maximum absolute atomic E-state index is 11.7. The summed E-state index contributed by atoms with van der Waals surface area (Å²) in [6.07, 6.45) is 0.687. The fraction of sp³-hybridized carbons (Fsp3) is 0.692. The van der Waals surface area contributed by atoms with Crippen molar-refractivity contribution in [1.82, 2.24) is 10.5 Å². The number of aromatic nitrogens is 1. The van der Waals surface area contributed by atoms with E-state index in [0.717, 1.165) is 17.0 Å². The van der Waals surface area contributed by atoms with Gasteiger partial charge in [0, 0.05) is 11.6 Å². The number of hydrogen-bond donors (Lipinski definition) is 1. The fourth-order valence-corrected chi connectivity index (χ4v) is 2.09. The molecule has 1 N–H and O–H groups in total. The van der Waals surface area contributed by atoms with Gasteiger partial charge in [-0.1, -0.05) is 12.1 Å². The summed E-state index contributed by atoms with van der Waals surface area (Å²) in [7, 11) is 0. The van der Waals surface area contributed by atoms with E-state index in [1.807, 2.05) is 34.6 Å². The molecule has 0 bridgehead atoms. The highest BCUT2D eigenvalue weighted by Gasteiger charge is 2.23. The number of ether oxygens (including phenoxy) is 1. The Labute approximate surface area is 108 Å². The largest absolute Gasteiger partial charge is 0.465 e. The van der Waals surface area contributed by atoms with Crippen molar-refractivity contribution < 1.29 is 14.1 Å². The van der Waals surface area contributed by atoms with Crippen LogP contribution in [0.1, 0.15) is 50.3 Å². The summed E-state index contributed by atoms with van der Waals surface area (Å²) in [6, 6.07) is -0.292. The molecule has 0 aliphatic rings. The summed E-state index contributed by atoms with van der Waals surface area (Å²) >= 11 is 0. The lowest BCUT2D eigenvalue weighted by molar-refractivity contribution is -0.146. The fourth-order valence-electron chi connectivity index (χ4n) is 2.09. The Balaban J connectivity index is 2.73. The van der Waals surface area contributed by atoms with Crippen LogP contribution < -0.4 is 5.32 Å². The van der Waals surface area contributed by atoms with Crippen molar-refractivity contribution in [3.8, 4) is 0 Å². The van der Waals surface area contributed by atoms with E-state index >= 15 is 0 Å². The first kappa shape index (κ1) is 14.7. The first-order valence-corrected chi connectivity index (χ1v) is 6.36. The van der Waals surface area contributed by atoms with Crippen molar-refractivity contribution >= 4 is 5.97 Å². The Hall–Kier alpha value is -1.36. The van der Waals surface area contributed by atoms with Gasteiger partial charge in [-0.2, -0.15) is 0 Å². The monoisotopic (exact) mass is 254 g/mol. The summed E-state index contributed by atoms with van der Waals surface area (Å²) in [5, 5.41) is 7.18. The number of aryl methyl sites for hydroxylation is 2. The van der Waals surface area contributed by atoms with Gasteiger partial charge in [0.1, 0.15) is 11.8 Å². The first-order valence-electron chi connectivity index (χ1n) is 6.36. The van der Waals surface area contributed by atoms with Crippen LogP contribution in [0.25, 0.3) is 0 Å². The third-order valence-electron chi connectivity index (χ3n) is 2.95. The van der Waals surface area contributed by atoms with Crippen molar-refractivity contribution in [2.75, 3.05) is 6.61 Å². The summed E-state index contributed by atoms with van der Waals surface area (Å²) in [4.78, 5) is 11.7. The quantitative estimate of drug-likeness (QED) is 0.789. The van der Waals surface area contributed by atoms with E-state index in [1.54, 1.807) is 0 Å². The first-order chi connectivity index (χ1) is 8.51. The maximum Gasteiger partial charge on any atom is 0.323 e.